The second kappa shape index (κ2) is 9.27. The SMILES string of the molecule is C[C@H]1CN(C(=O)OCCCOCC(=O)O)CC[C@]1(F)c1cc(Cl)cnc1F. The van der Waals surface area contributed by atoms with Gasteiger partial charge in [-0.05, 0) is 6.07 Å². The van der Waals surface area contributed by atoms with E-state index in [1.807, 2.05) is 0 Å². The zero-order chi connectivity index (χ0) is 20.0. The zero-order valence-electron chi connectivity index (χ0n) is 14.8. The number of pyridine rings is 1. The number of aliphatic carboxylic acids is 1. The van der Waals surface area contributed by atoms with E-state index < -0.39 is 36.2 Å². The summed E-state index contributed by atoms with van der Waals surface area (Å²) < 4.78 is 39.3. The number of halogens is 3. The van der Waals surface area contributed by atoms with Crippen LogP contribution in [0.5, 0.6) is 0 Å². The molecule has 0 radical (unpaired) electrons. The predicted octanol–water partition coefficient (Wildman–Crippen LogP) is 3.01. The molecule has 0 aromatic carbocycles. The van der Waals surface area contributed by atoms with Gasteiger partial charge in [0.25, 0.3) is 0 Å². The van der Waals surface area contributed by atoms with Crippen molar-refractivity contribution in [1.82, 2.24) is 9.88 Å². The first kappa shape index (κ1) is 21.3. The van der Waals surface area contributed by atoms with Crippen LogP contribution in [0.1, 0.15) is 25.3 Å². The molecule has 150 valence electrons. The van der Waals surface area contributed by atoms with Crippen LogP contribution >= 0.6 is 11.6 Å². The van der Waals surface area contributed by atoms with Crippen LogP contribution in [0.25, 0.3) is 0 Å². The number of carboxylic acids is 1. The van der Waals surface area contributed by atoms with Crippen LogP contribution in [0.4, 0.5) is 13.6 Å². The van der Waals surface area contributed by atoms with E-state index in [9.17, 15) is 14.0 Å². The molecule has 0 unspecified atom stereocenters. The molecule has 1 N–H and O–H groups in total. The number of amides is 1. The lowest BCUT2D eigenvalue weighted by Crippen LogP contribution is -2.49. The number of alkyl halides is 1. The molecule has 1 fully saturated rings. The van der Waals surface area contributed by atoms with Gasteiger partial charge in [0.2, 0.25) is 5.95 Å². The number of carbonyl (C=O) groups excluding carboxylic acids is 1. The fourth-order valence-corrected chi connectivity index (χ4v) is 3.12. The Labute approximate surface area is 160 Å². The topological polar surface area (TPSA) is 89.0 Å². The van der Waals surface area contributed by atoms with Crippen LogP contribution in [0, 0.1) is 11.9 Å². The fraction of sp³-hybridized carbons (Fsp3) is 0.588. The van der Waals surface area contributed by atoms with Crippen molar-refractivity contribution in [3.8, 4) is 0 Å². The minimum absolute atomic E-state index is 0.0524. The number of carbonyl (C=O) groups is 2. The summed E-state index contributed by atoms with van der Waals surface area (Å²) >= 11 is 5.81. The van der Waals surface area contributed by atoms with E-state index in [4.69, 9.17) is 26.2 Å². The molecule has 10 heteroatoms. The number of nitrogens with zero attached hydrogens (tertiary/aromatic N) is 2. The van der Waals surface area contributed by atoms with Gasteiger partial charge < -0.3 is 19.5 Å². The van der Waals surface area contributed by atoms with Crippen LogP contribution in [-0.4, -0.2) is 60.0 Å². The first-order chi connectivity index (χ1) is 12.7. The number of aromatic nitrogens is 1. The predicted molar refractivity (Wildman–Crippen MR) is 91.8 cm³/mol. The summed E-state index contributed by atoms with van der Waals surface area (Å²) in [6.07, 6.45) is 0.742. The summed E-state index contributed by atoms with van der Waals surface area (Å²) in [7, 11) is 0. The van der Waals surface area contributed by atoms with Crippen molar-refractivity contribution >= 4 is 23.7 Å². The van der Waals surface area contributed by atoms with Gasteiger partial charge in [0.1, 0.15) is 12.3 Å². The van der Waals surface area contributed by atoms with Gasteiger partial charge in [0.15, 0.2) is 0 Å². The maximum atomic E-state index is 15.5. The van der Waals surface area contributed by atoms with Crippen molar-refractivity contribution in [2.24, 2.45) is 5.92 Å². The number of rotatable bonds is 7. The maximum Gasteiger partial charge on any atom is 0.409 e. The van der Waals surface area contributed by atoms with Gasteiger partial charge >= 0.3 is 12.1 Å². The summed E-state index contributed by atoms with van der Waals surface area (Å²) in [5.41, 5.74) is -2.19. The summed E-state index contributed by atoms with van der Waals surface area (Å²) in [4.78, 5) is 27.2. The molecule has 1 saturated heterocycles. The Morgan fingerprint density at radius 1 is 1.48 bits per heavy atom. The molecule has 2 atom stereocenters. The average Bonchev–Trinajstić information content (AvgIpc) is 2.62. The van der Waals surface area contributed by atoms with Gasteiger partial charge in [-0.25, -0.2) is 19.0 Å². The van der Waals surface area contributed by atoms with Crippen molar-refractivity contribution < 1.29 is 33.0 Å². The van der Waals surface area contributed by atoms with E-state index >= 15 is 4.39 Å². The van der Waals surface area contributed by atoms with E-state index in [0.717, 1.165) is 6.20 Å². The number of hydrogen-bond acceptors (Lipinski definition) is 5. The van der Waals surface area contributed by atoms with Crippen molar-refractivity contribution in [1.29, 1.82) is 0 Å². The summed E-state index contributed by atoms with van der Waals surface area (Å²) in [6, 6.07) is 1.23. The third kappa shape index (κ3) is 5.49. The van der Waals surface area contributed by atoms with Crippen LogP contribution in [-0.2, 0) is 19.9 Å². The number of ether oxygens (including phenoxy) is 2. The van der Waals surface area contributed by atoms with E-state index in [0.29, 0.717) is 6.42 Å². The van der Waals surface area contributed by atoms with E-state index in [2.05, 4.69) is 4.98 Å². The number of piperidine rings is 1. The van der Waals surface area contributed by atoms with Crippen LogP contribution in [0.2, 0.25) is 5.02 Å². The summed E-state index contributed by atoms with van der Waals surface area (Å²) in [5, 5.41) is 8.57. The normalized spacial score (nSPS) is 22.5. The lowest BCUT2D eigenvalue weighted by Gasteiger charge is -2.41. The molecular weight excluding hydrogens is 386 g/mol. The van der Waals surface area contributed by atoms with Crippen molar-refractivity contribution in [2.45, 2.75) is 25.4 Å². The van der Waals surface area contributed by atoms with Gasteiger partial charge in [-0.2, -0.15) is 4.39 Å². The fourth-order valence-electron chi connectivity index (χ4n) is 2.96. The van der Waals surface area contributed by atoms with Crippen molar-refractivity contribution in [2.75, 3.05) is 32.9 Å². The molecule has 1 aromatic rings. The van der Waals surface area contributed by atoms with Crippen molar-refractivity contribution in [3.63, 3.8) is 0 Å². The molecule has 0 aliphatic carbocycles. The largest absolute Gasteiger partial charge is 0.480 e. The van der Waals surface area contributed by atoms with Gasteiger partial charge in [-0.15, -0.1) is 0 Å². The van der Waals surface area contributed by atoms with Crippen LogP contribution in [0.3, 0.4) is 0 Å². The molecule has 2 rings (SSSR count). The highest BCUT2D eigenvalue weighted by Gasteiger charge is 2.46. The molecule has 7 nitrogen and oxygen atoms in total. The molecular formula is C17H21ClF2N2O5. The monoisotopic (exact) mass is 406 g/mol. The van der Waals surface area contributed by atoms with Gasteiger partial charge in [0.05, 0.1) is 18.2 Å². The molecule has 0 spiro atoms. The third-order valence-electron chi connectivity index (χ3n) is 4.42. The Morgan fingerprint density at radius 3 is 2.89 bits per heavy atom. The molecule has 1 aliphatic rings. The summed E-state index contributed by atoms with van der Waals surface area (Å²) in [5.74, 6) is -2.67. The second-order valence-corrected chi connectivity index (χ2v) is 6.80. The van der Waals surface area contributed by atoms with Gasteiger partial charge in [-0.1, -0.05) is 18.5 Å². The maximum absolute atomic E-state index is 15.5. The molecule has 1 aromatic heterocycles. The molecule has 1 amide bonds. The minimum atomic E-state index is -1.98. The van der Waals surface area contributed by atoms with Gasteiger partial charge in [0, 0.05) is 43.6 Å². The number of carboxylic acid groups (broad SMARTS) is 1. The Kier molecular flexibility index (Phi) is 7.32. The Balaban J connectivity index is 1.86. The molecule has 0 bridgehead atoms. The van der Waals surface area contributed by atoms with Crippen LogP contribution in [0.15, 0.2) is 12.3 Å². The molecule has 1 aliphatic heterocycles. The summed E-state index contributed by atoms with van der Waals surface area (Å²) in [6.45, 7) is 1.48. The first-order valence-electron chi connectivity index (χ1n) is 8.45. The first-order valence-corrected chi connectivity index (χ1v) is 8.83. The van der Waals surface area contributed by atoms with Crippen LogP contribution < -0.4 is 0 Å². The third-order valence-corrected chi connectivity index (χ3v) is 4.62. The highest BCUT2D eigenvalue weighted by Crippen LogP contribution is 2.42. The molecule has 2 heterocycles. The molecule has 27 heavy (non-hydrogen) atoms. The lowest BCUT2D eigenvalue weighted by atomic mass is 9.79. The van der Waals surface area contributed by atoms with Crippen molar-refractivity contribution in [3.05, 3.63) is 28.8 Å². The second-order valence-electron chi connectivity index (χ2n) is 6.37. The average molecular weight is 407 g/mol. The highest BCUT2D eigenvalue weighted by molar-refractivity contribution is 6.30. The lowest BCUT2D eigenvalue weighted by molar-refractivity contribution is -0.142. The number of hydrogen-bond donors (Lipinski definition) is 1. The van der Waals surface area contributed by atoms with E-state index in [-0.39, 0.29) is 43.3 Å². The highest BCUT2D eigenvalue weighted by atomic mass is 35.5. The molecule has 0 saturated carbocycles. The standard InChI is InChI=1S/C17H21ClF2N2O5/c1-11-9-22(16(25)27-6-2-5-26-10-14(23)24)4-3-17(11,20)13-7-12(18)8-21-15(13)19/h7-8,11H,2-6,9-10H2,1H3,(H,23,24)/t11-,17+/m0/s1. The Bertz CT molecular complexity index is 693. The van der Waals surface area contributed by atoms with Gasteiger partial charge in [-0.3, -0.25) is 0 Å². The number of likely N-dealkylation sites (tertiary alicyclic amines) is 1. The Hall–Kier alpha value is -2.00. The Morgan fingerprint density at radius 2 is 2.22 bits per heavy atom. The zero-order valence-corrected chi connectivity index (χ0v) is 15.5. The quantitative estimate of drug-likeness (QED) is 0.553. The smallest absolute Gasteiger partial charge is 0.409 e. The van der Waals surface area contributed by atoms with E-state index in [1.165, 1.54) is 11.0 Å². The minimum Gasteiger partial charge on any atom is -0.480 e. The van der Waals surface area contributed by atoms with E-state index in [1.54, 1.807) is 6.92 Å².